The molecule has 102 valence electrons. The molecule has 0 radical (unpaired) electrons. The van der Waals surface area contributed by atoms with E-state index in [0.717, 1.165) is 0 Å². The molecule has 0 aliphatic carbocycles. The van der Waals surface area contributed by atoms with Crippen molar-refractivity contribution in [3.63, 3.8) is 0 Å². The maximum absolute atomic E-state index is 11.3. The van der Waals surface area contributed by atoms with Gasteiger partial charge in [-0.3, -0.25) is 4.98 Å². The van der Waals surface area contributed by atoms with Crippen molar-refractivity contribution in [2.75, 3.05) is 12.4 Å². The number of aromatic nitrogens is 1. The molecular weight excluding hydrogens is 252 g/mol. The van der Waals surface area contributed by atoms with Crippen molar-refractivity contribution < 1.29 is 13.2 Å². The van der Waals surface area contributed by atoms with E-state index in [-0.39, 0.29) is 5.75 Å². The lowest BCUT2D eigenvalue weighted by molar-refractivity contribution is 0.154. The predicted octanol–water partition coefficient (Wildman–Crippen LogP) is 1.56. The van der Waals surface area contributed by atoms with Crippen LogP contribution < -0.4 is 9.88 Å². The number of primary sulfonamides is 1. The van der Waals surface area contributed by atoms with Gasteiger partial charge in [-0.25, -0.2) is 13.6 Å². The van der Waals surface area contributed by atoms with Crippen LogP contribution in [0.25, 0.3) is 0 Å². The Kier molecular flexibility index (Phi) is 5.10. The summed E-state index contributed by atoms with van der Waals surface area (Å²) in [6.45, 7) is 4.21. The van der Waals surface area contributed by atoms with Gasteiger partial charge in [0.25, 0.3) is 0 Å². The fourth-order valence-electron chi connectivity index (χ4n) is 1.80. The van der Waals surface area contributed by atoms with Crippen LogP contribution in [0.2, 0.25) is 0 Å². The van der Waals surface area contributed by atoms with Gasteiger partial charge in [0.15, 0.2) is 0 Å². The average molecular weight is 272 g/mol. The molecule has 0 bridgehead atoms. The molecule has 18 heavy (non-hydrogen) atoms. The second-order valence-corrected chi connectivity index (χ2v) is 6.11. The summed E-state index contributed by atoms with van der Waals surface area (Å²) < 4.78 is 28.2. The molecule has 0 fully saturated rings. The number of pyridine rings is 1. The molecule has 6 heteroatoms. The van der Waals surface area contributed by atoms with E-state index in [4.69, 9.17) is 9.88 Å². The van der Waals surface area contributed by atoms with Crippen LogP contribution in [-0.4, -0.2) is 25.8 Å². The molecule has 0 aliphatic heterocycles. The first-order valence-corrected chi connectivity index (χ1v) is 7.65. The van der Waals surface area contributed by atoms with Gasteiger partial charge >= 0.3 is 0 Å². The van der Waals surface area contributed by atoms with Gasteiger partial charge in [-0.05, 0) is 25.0 Å². The lowest BCUT2D eigenvalue weighted by atomic mass is 9.85. The Labute approximate surface area is 108 Å². The maximum atomic E-state index is 11.3. The summed E-state index contributed by atoms with van der Waals surface area (Å²) in [5.74, 6) is 0.575. The van der Waals surface area contributed by atoms with Crippen LogP contribution in [-0.2, 0) is 10.0 Å². The van der Waals surface area contributed by atoms with Crippen LogP contribution in [0.1, 0.15) is 26.7 Å². The molecule has 1 aromatic rings. The van der Waals surface area contributed by atoms with Crippen LogP contribution in [0.4, 0.5) is 0 Å². The molecule has 1 rings (SSSR count). The second kappa shape index (κ2) is 6.15. The van der Waals surface area contributed by atoms with Gasteiger partial charge in [0.2, 0.25) is 10.0 Å². The van der Waals surface area contributed by atoms with Crippen molar-refractivity contribution in [2.45, 2.75) is 26.7 Å². The standard InChI is InChI=1S/C12H20N2O3S/c1-3-12(4-2,10-18(13,15)16)9-17-11-6-5-7-14-8-11/h5-8H,3-4,9-10H2,1-2H3,(H2,13,15,16). The molecule has 0 saturated heterocycles. The van der Waals surface area contributed by atoms with Crippen LogP contribution in [0.5, 0.6) is 5.75 Å². The lowest BCUT2D eigenvalue weighted by Crippen LogP contribution is -2.37. The first-order valence-electron chi connectivity index (χ1n) is 5.94. The van der Waals surface area contributed by atoms with Crippen molar-refractivity contribution in [1.82, 2.24) is 4.98 Å². The molecule has 0 aliphatic rings. The van der Waals surface area contributed by atoms with Gasteiger partial charge in [0.05, 0.1) is 18.6 Å². The number of hydrogen-bond donors (Lipinski definition) is 1. The minimum Gasteiger partial charge on any atom is -0.491 e. The van der Waals surface area contributed by atoms with Crippen LogP contribution >= 0.6 is 0 Å². The number of ether oxygens (including phenoxy) is 1. The average Bonchev–Trinajstić information content (AvgIpc) is 2.34. The second-order valence-electron chi connectivity index (χ2n) is 4.49. The highest BCUT2D eigenvalue weighted by Gasteiger charge is 2.32. The lowest BCUT2D eigenvalue weighted by Gasteiger charge is -2.30. The fourth-order valence-corrected chi connectivity index (χ4v) is 3.14. The normalized spacial score (nSPS) is 12.4. The molecule has 0 saturated carbocycles. The van der Waals surface area contributed by atoms with E-state index in [1.165, 1.54) is 0 Å². The van der Waals surface area contributed by atoms with Crippen molar-refractivity contribution in [3.05, 3.63) is 24.5 Å². The van der Waals surface area contributed by atoms with E-state index >= 15 is 0 Å². The summed E-state index contributed by atoms with van der Waals surface area (Å²) in [7, 11) is -3.51. The first-order chi connectivity index (χ1) is 8.41. The monoisotopic (exact) mass is 272 g/mol. The number of hydrogen-bond acceptors (Lipinski definition) is 4. The number of nitrogens with zero attached hydrogens (tertiary/aromatic N) is 1. The molecule has 0 spiro atoms. The van der Waals surface area contributed by atoms with Gasteiger partial charge < -0.3 is 4.74 Å². The van der Waals surface area contributed by atoms with E-state index in [1.807, 2.05) is 13.8 Å². The summed E-state index contributed by atoms with van der Waals surface area (Å²) >= 11 is 0. The van der Waals surface area contributed by atoms with Gasteiger partial charge in [0.1, 0.15) is 5.75 Å². The van der Waals surface area contributed by atoms with Gasteiger partial charge in [0, 0.05) is 11.6 Å². The Morgan fingerprint density at radius 1 is 1.39 bits per heavy atom. The smallest absolute Gasteiger partial charge is 0.209 e. The summed E-state index contributed by atoms with van der Waals surface area (Å²) in [6.07, 6.45) is 4.65. The Morgan fingerprint density at radius 2 is 2.06 bits per heavy atom. The number of rotatable bonds is 7. The van der Waals surface area contributed by atoms with E-state index in [9.17, 15) is 8.42 Å². The summed E-state index contributed by atoms with van der Waals surface area (Å²) in [4.78, 5) is 3.94. The quantitative estimate of drug-likeness (QED) is 0.816. The van der Waals surface area contributed by atoms with Gasteiger partial charge in [-0.15, -0.1) is 0 Å². The Bertz CT molecular complexity index is 455. The van der Waals surface area contributed by atoms with E-state index < -0.39 is 15.4 Å². The first kappa shape index (κ1) is 14.9. The number of nitrogens with two attached hydrogens (primary N) is 1. The van der Waals surface area contributed by atoms with Gasteiger partial charge in [-0.2, -0.15) is 0 Å². The molecule has 0 atom stereocenters. The molecule has 2 N–H and O–H groups in total. The third kappa shape index (κ3) is 4.62. The van der Waals surface area contributed by atoms with E-state index in [2.05, 4.69) is 4.98 Å². The molecule has 0 unspecified atom stereocenters. The van der Waals surface area contributed by atoms with Crippen molar-refractivity contribution >= 4 is 10.0 Å². The molecule has 0 aromatic carbocycles. The highest BCUT2D eigenvalue weighted by molar-refractivity contribution is 7.89. The minimum absolute atomic E-state index is 0.0622. The summed E-state index contributed by atoms with van der Waals surface area (Å²) in [5.41, 5.74) is -0.441. The predicted molar refractivity (Wildman–Crippen MR) is 70.7 cm³/mol. The molecule has 0 amide bonds. The fraction of sp³-hybridized carbons (Fsp3) is 0.583. The highest BCUT2D eigenvalue weighted by atomic mass is 32.2. The van der Waals surface area contributed by atoms with Crippen molar-refractivity contribution in [1.29, 1.82) is 0 Å². The molecule has 1 heterocycles. The number of sulfonamides is 1. The zero-order valence-corrected chi connectivity index (χ0v) is 11.6. The molecular formula is C12H20N2O3S. The van der Waals surface area contributed by atoms with E-state index in [0.29, 0.717) is 25.2 Å². The van der Waals surface area contributed by atoms with Crippen molar-refractivity contribution in [2.24, 2.45) is 10.6 Å². The molecule has 5 nitrogen and oxygen atoms in total. The zero-order chi connectivity index (χ0) is 13.6. The molecule has 1 aromatic heterocycles. The Hall–Kier alpha value is -1.14. The zero-order valence-electron chi connectivity index (χ0n) is 10.8. The Morgan fingerprint density at radius 3 is 2.50 bits per heavy atom. The minimum atomic E-state index is -3.51. The largest absolute Gasteiger partial charge is 0.491 e. The van der Waals surface area contributed by atoms with Crippen LogP contribution in [0.3, 0.4) is 0 Å². The topological polar surface area (TPSA) is 82.3 Å². The third-order valence-electron chi connectivity index (χ3n) is 3.19. The maximum Gasteiger partial charge on any atom is 0.209 e. The highest BCUT2D eigenvalue weighted by Crippen LogP contribution is 2.28. The van der Waals surface area contributed by atoms with Crippen molar-refractivity contribution in [3.8, 4) is 5.75 Å². The van der Waals surface area contributed by atoms with E-state index in [1.54, 1.807) is 24.5 Å². The SMILES string of the molecule is CCC(CC)(COc1cccnc1)CS(N)(=O)=O. The third-order valence-corrected chi connectivity index (χ3v) is 4.20. The summed E-state index contributed by atoms with van der Waals surface area (Å²) in [5, 5.41) is 5.15. The van der Waals surface area contributed by atoms with Crippen LogP contribution in [0.15, 0.2) is 24.5 Å². The van der Waals surface area contributed by atoms with Gasteiger partial charge in [-0.1, -0.05) is 13.8 Å². The van der Waals surface area contributed by atoms with Crippen LogP contribution in [0, 0.1) is 5.41 Å². The summed E-state index contributed by atoms with van der Waals surface area (Å²) in [6, 6.07) is 3.56. The Balaban J connectivity index is 2.74.